The van der Waals surface area contributed by atoms with Crippen molar-refractivity contribution in [2.75, 3.05) is 17.8 Å². The van der Waals surface area contributed by atoms with Crippen molar-refractivity contribution in [3.8, 4) is 0 Å². The molecule has 0 unspecified atom stereocenters. The van der Waals surface area contributed by atoms with E-state index in [1.807, 2.05) is 12.1 Å². The van der Waals surface area contributed by atoms with Crippen LogP contribution < -0.4 is 0 Å². The molecule has 3 nitrogen and oxygen atoms in total. The highest BCUT2D eigenvalue weighted by atomic mass is 79.9. The number of pyridine rings is 1. The van der Waals surface area contributed by atoms with E-state index in [-0.39, 0.29) is 5.75 Å². The predicted octanol–water partition coefficient (Wildman–Crippen LogP) is 1.98. The number of hydrogen-bond acceptors (Lipinski definition) is 4. The van der Waals surface area contributed by atoms with E-state index in [4.69, 9.17) is 0 Å². The Balaban J connectivity index is 2.43. The Morgan fingerprint density at radius 3 is 2.71 bits per heavy atom. The number of nitrogens with zero attached hydrogens (tertiary/aromatic N) is 1. The lowest BCUT2D eigenvalue weighted by atomic mass is 10.5. The van der Waals surface area contributed by atoms with Gasteiger partial charge in [0.15, 0.2) is 0 Å². The van der Waals surface area contributed by atoms with Gasteiger partial charge in [-0.3, -0.25) is 0 Å². The molecule has 0 N–H and O–H groups in total. The summed E-state index contributed by atoms with van der Waals surface area (Å²) in [6, 6.07) is 3.74. The first-order chi connectivity index (χ1) is 6.47. The lowest BCUT2D eigenvalue weighted by Crippen LogP contribution is -2.04. The zero-order valence-corrected chi connectivity index (χ0v) is 10.8. The summed E-state index contributed by atoms with van der Waals surface area (Å²) in [5.41, 5.74) is 0. The first-order valence-electron chi connectivity index (χ1n) is 3.89. The van der Waals surface area contributed by atoms with Crippen molar-refractivity contribution in [1.82, 2.24) is 4.98 Å². The van der Waals surface area contributed by atoms with E-state index in [9.17, 15) is 8.42 Å². The molecule has 6 heteroatoms. The average Bonchev–Trinajstić information content (AvgIpc) is 2.06. The van der Waals surface area contributed by atoms with Crippen LogP contribution >= 0.6 is 27.7 Å². The van der Waals surface area contributed by atoms with E-state index in [0.29, 0.717) is 5.75 Å². The molecule has 1 aromatic rings. The van der Waals surface area contributed by atoms with Crippen LogP contribution in [0.2, 0.25) is 0 Å². The largest absolute Gasteiger partial charge is 0.249 e. The molecule has 0 aromatic carbocycles. The molecule has 1 rings (SSSR count). The number of hydrogen-bond donors (Lipinski definition) is 0. The molecule has 0 fully saturated rings. The van der Waals surface area contributed by atoms with Crippen LogP contribution in [-0.4, -0.2) is 31.2 Å². The van der Waals surface area contributed by atoms with E-state index in [2.05, 4.69) is 20.9 Å². The minimum absolute atomic E-state index is 0.190. The first-order valence-corrected chi connectivity index (χ1v) is 7.73. The number of aromatic nitrogens is 1. The molecule has 14 heavy (non-hydrogen) atoms. The third-order valence-corrected chi connectivity index (χ3v) is 4.02. The second-order valence-electron chi connectivity index (χ2n) is 2.79. The highest BCUT2D eigenvalue weighted by Crippen LogP contribution is 2.17. The van der Waals surface area contributed by atoms with Crippen molar-refractivity contribution in [3.05, 3.63) is 22.8 Å². The van der Waals surface area contributed by atoms with Crippen molar-refractivity contribution < 1.29 is 8.42 Å². The molecule has 1 aromatic heterocycles. The molecular formula is C8H10BrNO2S2. The van der Waals surface area contributed by atoms with Gasteiger partial charge in [-0.1, -0.05) is 0 Å². The first kappa shape index (κ1) is 12.0. The summed E-state index contributed by atoms with van der Waals surface area (Å²) in [6.45, 7) is 0. The summed E-state index contributed by atoms with van der Waals surface area (Å²) in [7, 11) is -2.86. The predicted molar refractivity (Wildman–Crippen MR) is 62.4 cm³/mol. The van der Waals surface area contributed by atoms with Crippen molar-refractivity contribution in [3.63, 3.8) is 0 Å². The quantitative estimate of drug-likeness (QED) is 0.797. The fourth-order valence-corrected chi connectivity index (χ4v) is 3.02. The van der Waals surface area contributed by atoms with Crippen LogP contribution in [0.5, 0.6) is 0 Å². The molecule has 0 atom stereocenters. The Kier molecular flexibility index (Phi) is 4.40. The lowest BCUT2D eigenvalue weighted by molar-refractivity contribution is 0.603. The van der Waals surface area contributed by atoms with Crippen molar-refractivity contribution >= 4 is 37.5 Å². The highest BCUT2D eigenvalue weighted by Gasteiger charge is 2.02. The second kappa shape index (κ2) is 5.14. The van der Waals surface area contributed by atoms with Crippen LogP contribution in [0.15, 0.2) is 27.8 Å². The van der Waals surface area contributed by atoms with Crippen LogP contribution in [0.25, 0.3) is 0 Å². The molecule has 0 aliphatic carbocycles. The van der Waals surface area contributed by atoms with Gasteiger partial charge in [-0.25, -0.2) is 13.4 Å². The van der Waals surface area contributed by atoms with E-state index >= 15 is 0 Å². The molecule has 0 bridgehead atoms. The number of sulfone groups is 1. The van der Waals surface area contributed by atoms with Gasteiger partial charge in [0, 0.05) is 22.7 Å². The number of rotatable bonds is 4. The fraction of sp³-hybridized carbons (Fsp3) is 0.375. The van der Waals surface area contributed by atoms with Gasteiger partial charge in [-0.05, 0) is 28.1 Å². The Bertz CT molecular complexity index is 388. The molecular weight excluding hydrogens is 286 g/mol. The average molecular weight is 296 g/mol. The topological polar surface area (TPSA) is 47.0 Å². The van der Waals surface area contributed by atoms with Crippen LogP contribution in [0.1, 0.15) is 0 Å². The lowest BCUT2D eigenvalue weighted by Gasteiger charge is -1.99. The van der Waals surface area contributed by atoms with Crippen LogP contribution in [-0.2, 0) is 9.84 Å². The van der Waals surface area contributed by atoms with Crippen molar-refractivity contribution in [1.29, 1.82) is 0 Å². The molecule has 0 aliphatic heterocycles. The Morgan fingerprint density at radius 1 is 1.50 bits per heavy atom. The van der Waals surface area contributed by atoms with Gasteiger partial charge in [0.05, 0.1) is 10.8 Å². The van der Waals surface area contributed by atoms with Crippen LogP contribution in [0.4, 0.5) is 0 Å². The molecule has 0 saturated carbocycles. The van der Waals surface area contributed by atoms with Crippen molar-refractivity contribution in [2.45, 2.75) is 5.03 Å². The van der Waals surface area contributed by atoms with Gasteiger partial charge >= 0.3 is 0 Å². The van der Waals surface area contributed by atoms with E-state index in [1.54, 1.807) is 6.20 Å². The summed E-state index contributed by atoms with van der Waals surface area (Å²) in [4.78, 5) is 4.12. The maximum atomic E-state index is 10.8. The zero-order valence-electron chi connectivity index (χ0n) is 7.60. The highest BCUT2D eigenvalue weighted by molar-refractivity contribution is 9.10. The molecule has 0 aliphatic rings. The standard InChI is InChI=1S/C8H10BrNO2S2/c1-14(11,12)5-4-13-8-3-2-7(9)6-10-8/h2-3,6H,4-5H2,1H3. The molecule has 0 amide bonds. The summed E-state index contributed by atoms with van der Waals surface area (Å²) in [5.74, 6) is 0.739. The SMILES string of the molecule is CS(=O)(=O)CCSc1ccc(Br)cn1. The smallest absolute Gasteiger partial charge is 0.148 e. The van der Waals surface area contributed by atoms with Gasteiger partial charge < -0.3 is 0 Å². The summed E-state index contributed by atoms with van der Waals surface area (Å²) in [6.07, 6.45) is 2.94. The van der Waals surface area contributed by atoms with Gasteiger partial charge in [0.25, 0.3) is 0 Å². The minimum atomic E-state index is -2.86. The monoisotopic (exact) mass is 295 g/mol. The number of halogens is 1. The molecule has 0 radical (unpaired) electrons. The maximum absolute atomic E-state index is 10.8. The normalized spacial score (nSPS) is 11.6. The molecule has 0 spiro atoms. The van der Waals surface area contributed by atoms with Gasteiger partial charge in [-0.2, -0.15) is 0 Å². The van der Waals surface area contributed by atoms with Crippen molar-refractivity contribution in [2.24, 2.45) is 0 Å². The third-order valence-electron chi connectivity index (χ3n) is 1.40. The van der Waals surface area contributed by atoms with Gasteiger partial charge in [0.2, 0.25) is 0 Å². The summed E-state index contributed by atoms with van der Waals surface area (Å²) >= 11 is 4.72. The van der Waals surface area contributed by atoms with E-state index in [0.717, 1.165) is 9.50 Å². The zero-order chi connectivity index (χ0) is 10.6. The van der Waals surface area contributed by atoms with Crippen LogP contribution in [0, 0.1) is 0 Å². The van der Waals surface area contributed by atoms with Gasteiger partial charge in [-0.15, -0.1) is 11.8 Å². The second-order valence-corrected chi connectivity index (χ2v) is 7.08. The maximum Gasteiger partial charge on any atom is 0.148 e. The third kappa shape index (κ3) is 4.97. The molecule has 0 saturated heterocycles. The summed E-state index contributed by atoms with van der Waals surface area (Å²) in [5, 5.41) is 0.844. The fourth-order valence-electron chi connectivity index (χ4n) is 0.745. The van der Waals surface area contributed by atoms with E-state index < -0.39 is 9.84 Å². The molecule has 1 heterocycles. The number of thioether (sulfide) groups is 1. The Hall–Kier alpha value is -0.0700. The Labute approximate surface area is 96.4 Å². The Morgan fingerprint density at radius 2 is 2.21 bits per heavy atom. The molecule has 78 valence electrons. The summed E-state index contributed by atoms with van der Waals surface area (Å²) < 4.78 is 22.6. The van der Waals surface area contributed by atoms with Gasteiger partial charge in [0.1, 0.15) is 9.84 Å². The van der Waals surface area contributed by atoms with E-state index in [1.165, 1.54) is 18.0 Å². The van der Waals surface area contributed by atoms with Crippen LogP contribution in [0.3, 0.4) is 0 Å². The minimum Gasteiger partial charge on any atom is -0.249 e.